The summed E-state index contributed by atoms with van der Waals surface area (Å²) in [5.41, 5.74) is -1.37. The third kappa shape index (κ3) is 6.79. The molecule has 5 rings (SSSR count). The highest BCUT2D eigenvalue weighted by atomic mass is 19.4. The van der Waals surface area contributed by atoms with E-state index in [0.717, 1.165) is 6.07 Å². The van der Waals surface area contributed by atoms with Gasteiger partial charge in [-0.3, -0.25) is 14.5 Å². The van der Waals surface area contributed by atoms with Crippen LogP contribution in [-0.4, -0.2) is 109 Å². The molecule has 3 atom stereocenters. The van der Waals surface area contributed by atoms with Gasteiger partial charge in [0.15, 0.2) is 0 Å². The van der Waals surface area contributed by atoms with Crippen LogP contribution in [0.1, 0.15) is 23.2 Å². The molecule has 0 bridgehead atoms. The summed E-state index contributed by atoms with van der Waals surface area (Å²) >= 11 is 0. The van der Waals surface area contributed by atoms with E-state index in [-0.39, 0.29) is 47.9 Å². The van der Waals surface area contributed by atoms with Gasteiger partial charge in [-0.1, -0.05) is 12.6 Å². The van der Waals surface area contributed by atoms with Gasteiger partial charge in [0.05, 0.1) is 35.3 Å². The molecule has 2 fully saturated rings. The summed E-state index contributed by atoms with van der Waals surface area (Å²) in [5, 5.41) is 23.0. The number of amides is 2. The summed E-state index contributed by atoms with van der Waals surface area (Å²) in [6.45, 7) is 7.30. The maximum Gasteiger partial charge on any atom is 0.417 e. The standard InChI is InChI=1S/C31H35F4N7O4/c1-4-27(44)42-14-19(15-42)46-26-17-40(16-25(26)43)10-11-41-9-8-23(30(45)39(3)24-7-5-6-22(32)28(24)41)38-29-20(13-36)21(31(33,34)35)12-18(2)37-29/h4-7,12,19,23,25-26,43H,1,8-11,14-17H2,2-3H3,(H,37,38)/t23-,25-,26-/m0/s1. The lowest BCUT2D eigenvalue weighted by Gasteiger charge is -2.40. The smallest absolute Gasteiger partial charge is 0.389 e. The number of halogens is 4. The molecule has 0 unspecified atom stereocenters. The Balaban J connectivity index is 1.31. The first-order chi connectivity index (χ1) is 21.8. The molecule has 1 aromatic carbocycles. The number of rotatable bonds is 8. The van der Waals surface area contributed by atoms with Crippen LogP contribution in [0.15, 0.2) is 36.9 Å². The Morgan fingerprint density at radius 2 is 2.00 bits per heavy atom. The number of aliphatic hydroxyl groups excluding tert-OH is 1. The second-order valence-corrected chi connectivity index (χ2v) is 11.7. The van der Waals surface area contributed by atoms with Gasteiger partial charge in [-0.25, -0.2) is 9.37 Å². The lowest BCUT2D eigenvalue weighted by Crippen LogP contribution is -2.56. The van der Waals surface area contributed by atoms with E-state index in [1.54, 1.807) is 21.9 Å². The number of alkyl halides is 3. The number of benzene rings is 1. The van der Waals surface area contributed by atoms with Crippen molar-refractivity contribution < 1.29 is 37.0 Å². The van der Waals surface area contributed by atoms with E-state index in [4.69, 9.17) is 4.74 Å². The van der Waals surface area contributed by atoms with Crippen LogP contribution in [-0.2, 0) is 20.5 Å². The molecule has 1 aromatic heterocycles. The van der Waals surface area contributed by atoms with Crippen LogP contribution >= 0.6 is 0 Å². The molecule has 246 valence electrons. The van der Waals surface area contributed by atoms with E-state index in [1.165, 1.54) is 37.1 Å². The highest BCUT2D eigenvalue weighted by molar-refractivity contribution is 6.01. The monoisotopic (exact) mass is 645 g/mol. The minimum atomic E-state index is -4.81. The molecular weight excluding hydrogens is 610 g/mol. The highest BCUT2D eigenvalue weighted by Crippen LogP contribution is 2.37. The fourth-order valence-corrected chi connectivity index (χ4v) is 6.09. The second kappa shape index (κ2) is 13.2. The Labute approximate surface area is 263 Å². The number of pyridine rings is 1. The normalized spacial score (nSPS) is 22.5. The number of nitrogens with one attached hydrogen (secondary N) is 1. The van der Waals surface area contributed by atoms with Gasteiger partial charge in [0.25, 0.3) is 0 Å². The Kier molecular flexibility index (Phi) is 9.52. The zero-order valence-corrected chi connectivity index (χ0v) is 25.4. The number of hydrogen-bond acceptors (Lipinski definition) is 9. The molecule has 2 aromatic rings. The van der Waals surface area contributed by atoms with Crippen molar-refractivity contribution in [2.45, 2.75) is 43.9 Å². The molecule has 3 aliphatic heterocycles. The van der Waals surface area contributed by atoms with Crippen molar-refractivity contribution in [1.29, 1.82) is 5.26 Å². The number of carbonyl (C=O) groups excluding carboxylic acids is 2. The van der Waals surface area contributed by atoms with Crippen molar-refractivity contribution in [2.24, 2.45) is 0 Å². The number of fused-ring (bicyclic) bond motifs is 1. The third-order valence-corrected chi connectivity index (χ3v) is 8.54. The number of ether oxygens (including phenoxy) is 1. The van der Waals surface area contributed by atoms with Crippen molar-refractivity contribution in [3.63, 3.8) is 0 Å². The summed E-state index contributed by atoms with van der Waals surface area (Å²) < 4.78 is 62.5. The van der Waals surface area contributed by atoms with Crippen LogP contribution in [0.2, 0.25) is 0 Å². The van der Waals surface area contributed by atoms with Gasteiger partial charge in [0.2, 0.25) is 11.8 Å². The highest BCUT2D eigenvalue weighted by Gasteiger charge is 2.40. The largest absolute Gasteiger partial charge is 0.417 e. The van der Waals surface area contributed by atoms with E-state index in [2.05, 4.69) is 16.9 Å². The van der Waals surface area contributed by atoms with Crippen LogP contribution in [0.3, 0.4) is 0 Å². The first-order valence-corrected chi connectivity index (χ1v) is 14.8. The summed E-state index contributed by atoms with van der Waals surface area (Å²) in [6.07, 6.45) is -4.90. The van der Waals surface area contributed by atoms with Gasteiger partial charge in [-0.15, -0.1) is 0 Å². The van der Waals surface area contributed by atoms with Crippen molar-refractivity contribution in [2.75, 3.05) is 68.0 Å². The third-order valence-electron chi connectivity index (χ3n) is 8.54. The van der Waals surface area contributed by atoms with Gasteiger partial charge in [-0.2, -0.15) is 18.4 Å². The number of likely N-dealkylation sites (N-methyl/N-ethyl adjacent to an activating group) is 1. The molecule has 2 amide bonds. The molecule has 2 N–H and O–H groups in total. The zero-order chi connectivity index (χ0) is 33.3. The van der Waals surface area contributed by atoms with E-state index in [0.29, 0.717) is 39.3 Å². The number of aliphatic hydroxyl groups is 1. The van der Waals surface area contributed by atoms with E-state index < -0.39 is 47.3 Å². The molecule has 0 aliphatic carbocycles. The van der Waals surface area contributed by atoms with Crippen LogP contribution in [0.4, 0.5) is 34.8 Å². The number of anilines is 3. The zero-order valence-electron chi connectivity index (χ0n) is 25.4. The Morgan fingerprint density at radius 3 is 2.67 bits per heavy atom. The fourth-order valence-electron chi connectivity index (χ4n) is 6.09. The number of carbonyl (C=O) groups is 2. The minimum Gasteiger partial charge on any atom is -0.389 e. The molecule has 0 radical (unpaired) electrons. The van der Waals surface area contributed by atoms with Crippen molar-refractivity contribution in [3.05, 3.63) is 59.6 Å². The lowest BCUT2D eigenvalue weighted by molar-refractivity contribution is -0.148. The fraction of sp³-hybridized carbons (Fsp3) is 0.484. The molecule has 0 spiro atoms. The lowest BCUT2D eigenvalue weighted by atomic mass is 10.0. The first-order valence-electron chi connectivity index (χ1n) is 14.8. The van der Waals surface area contributed by atoms with Gasteiger partial charge in [0.1, 0.15) is 29.3 Å². The van der Waals surface area contributed by atoms with Crippen LogP contribution < -0.4 is 15.1 Å². The number of aromatic nitrogens is 1. The molecule has 15 heteroatoms. The van der Waals surface area contributed by atoms with E-state index >= 15 is 4.39 Å². The van der Waals surface area contributed by atoms with Gasteiger partial charge in [0, 0.05) is 58.6 Å². The molecule has 2 saturated heterocycles. The molecular formula is C31H35F4N7O4. The topological polar surface area (TPSA) is 125 Å². The maximum atomic E-state index is 15.4. The van der Waals surface area contributed by atoms with Gasteiger partial charge >= 0.3 is 6.18 Å². The minimum absolute atomic E-state index is 0.0180. The Bertz CT molecular complexity index is 1540. The van der Waals surface area contributed by atoms with Crippen LogP contribution in [0, 0.1) is 24.1 Å². The van der Waals surface area contributed by atoms with Crippen molar-refractivity contribution in [1.82, 2.24) is 14.8 Å². The quantitative estimate of drug-likeness (QED) is 0.329. The van der Waals surface area contributed by atoms with Crippen LogP contribution in [0.5, 0.6) is 0 Å². The SMILES string of the molecule is C=CC(=O)N1CC(O[C@H]2CN(CCN3CC[C@H](Nc4nc(C)cc(C(F)(F)F)c4C#N)C(=O)N(C)c4cccc(F)c43)C[C@@H]2O)C1. The summed E-state index contributed by atoms with van der Waals surface area (Å²) in [4.78, 5) is 36.0. The van der Waals surface area contributed by atoms with E-state index in [1.807, 2.05) is 4.90 Å². The molecule has 3 aliphatic rings. The molecule has 4 heterocycles. The number of para-hydroxylation sites is 1. The number of likely N-dealkylation sites (tertiary alicyclic amines) is 2. The molecule has 46 heavy (non-hydrogen) atoms. The molecule has 11 nitrogen and oxygen atoms in total. The number of aryl methyl sites for hydroxylation is 1. The van der Waals surface area contributed by atoms with Crippen LogP contribution in [0.25, 0.3) is 0 Å². The predicted octanol–water partition coefficient (Wildman–Crippen LogP) is 2.53. The van der Waals surface area contributed by atoms with Crippen molar-refractivity contribution in [3.8, 4) is 6.07 Å². The van der Waals surface area contributed by atoms with E-state index in [9.17, 15) is 33.1 Å². The maximum absolute atomic E-state index is 15.4. The average Bonchev–Trinajstić information content (AvgIpc) is 3.34. The second-order valence-electron chi connectivity index (χ2n) is 11.7. The number of nitrogens with zero attached hydrogens (tertiary/aromatic N) is 6. The number of nitriles is 1. The summed E-state index contributed by atoms with van der Waals surface area (Å²) in [5.74, 6) is -1.60. The molecule has 0 saturated carbocycles. The first kappa shape index (κ1) is 33.1. The average molecular weight is 646 g/mol. The van der Waals surface area contributed by atoms with Crippen molar-refractivity contribution >= 4 is 29.0 Å². The number of β-amino-alcohol motifs (C(OH)–C–C–N with tert-alkyl or cyclic N) is 1. The number of hydrogen-bond donors (Lipinski definition) is 2. The van der Waals surface area contributed by atoms with Gasteiger partial charge < -0.3 is 29.9 Å². The predicted molar refractivity (Wildman–Crippen MR) is 161 cm³/mol. The summed E-state index contributed by atoms with van der Waals surface area (Å²) in [6, 6.07) is 5.62. The Hall–Kier alpha value is -4.26. The Morgan fingerprint density at radius 1 is 1.26 bits per heavy atom. The van der Waals surface area contributed by atoms with Gasteiger partial charge in [-0.05, 0) is 37.6 Å². The summed E-state index contributed by atoms with van der Waals surface area (Å²) in [7, 11) is 1.46.